The highest BCUT2D eigenvalue weighted by atomic mass is 19.1. The van der Waals surface area contributed by atoms with Gasteiger partial charge in [0.2, 0.25) is 0 Å². The molecule has 0 N–H and O–H groups in total. The van der Waals surface area contributed by atoms with Crippen molar-refractivity contribution in [3.05, 3.63) is 35.6 Å². The van der Waals surface area contributed by atoms with Crippen molar-refractivity contribution in [3.63, 3.8) is 0 Å². The van der Waals surface area contributed by atoms with Gasteiger partial charge in [-0.05, 0) is 24.1 Å². The monoisotopic (exact) mass is 158 g/mol. The van der Waals surface area contributed by atoms with E-state index in [1.165, 1.54) is 17.7 Å². The Morgan fingerprint density at radius 2 is 1.55 bits per heavy atom. The fourth-order valence-electron chi connectivity index (χ4n) is 0.720. The van der Waals surface area contributed by atoms with E-state index in [0.717, 1.165) is 6.42 Å². The van der Waals surface area contributed by atoms with Gasteiger partial charge in [-0.3, -0.25) is 4.39 Å². The van der Waals surface area contributed by atoms with Gasteiger partial charge < -0.3 is 0 Å². The number of halogens is 2. The molecule has 62 valence electrons. The Kier molecular flexibility index (Phi) is 5.35. The Morgan fingerprint density at radius 1 is 1.09 bits per heavy atom. The van der Waals surface area contributed by atoms with Crippen molar-refractivity contribution < 1.29 is 8.78 Å². The van der Waals surface area contributed by atoms with Crippen molar-refractivity contribution in [3.8, 4) is 0 Å². The summed E-state index contributed by atoms with van der Waals surface area (Å²) in [6.07, 6.45) is 0.972. The fraction of sp³-hybridized carbons (Fsp3) is 0.333. The van der Waals surface area contributed by atoms with Crippen LogP contribution in [-0.4, -0.2) is 7.18 Å². The lowest BCUT2D eigenvalue weighted by atomic mass is 10.2. The minimum atomic E-state index is -0.160. The van der Waals surface area contributed by atoms with Crippen LogP contribution in [0.15, 0.2) is 24.3 Å². The van der Waals surface area contributed by atoms with Gasteiger partial charge in [0.05, 0.1) is 7.18 Å². The predicted octanol–water partition coefficient (Wildman–Crippen LogP) is 2.97. The van der Waals surface area contributed by atoms with E-state index in [2.05, 4.69) is 0 Å². The van der Waals surface area contributed by atoms with E-state index >= 15 is 0 Å². The first kappa shape index (κ1) is 10.1. The molecular weight excluding hydrogens is 146 g/mol. The van der Waals surface area contributed by atoms with Gasteiger partial charge in [0.15, 0.2) is 0 Å². The second-order valence-electron chi connectivity index (χ2n) is 1.98. The average Bonchev–Trinajstić information content (AvgIpc) is 2.10. The van der Waals surface area contributed by atoms with Crippen molar-refractivity contribution in [1.82, 2.24) is 0 Å². The SMILES string of the molecule is CCc1ccc(F)cc1.CF. The van der Waals surface area contributed by atoms with Gasteiger partial charge in [0.25, 0.3) is 0 Å². The number of aryl methyl sites for hydroxylation is 1. The molecule has 0 nitrogen and oxygen atoms in total. The van der Waals surface area contributed by atoms with Crippen LogP contribution in [0, 0.1) is 5.82 Å². The molecule has 0 aliphatic rings. The van der Waals surface area contributed by atoms with Gasteiger partial charge in [-0.15, -0.1) is 0 Å². The largest absolute Gasteiger partial charge is 0.255 e. The van der Waals surface area contributed by atoms with Crippen LogP contribution in [0.2, 0.25) is 0 Å². The first-order chi connectivity index (χ1) is 5.33. The Labute approximate surface area is 65.9 Å². The van der Waals surface area contributed by atoms with Gasteiger partial charge in [0.1, 0.15) is 5.82 Å². The smallest absolute Gasteiger partial charge is 0.123 e. The second-order valence-corrected chi connectivity index (χ2v) is 1.98. The zero-order valence-corrected chi connectivity index (χ0v) is 6.77. The van der Waals surface area contributed by atoms with Crippen LogP contribution in [0.3, 0.4) is 0 Å². The van der Waals surface area contributed by atoms with Crippen LogP contribution in [0.5, 0.6) is 0 Å². The second kappa shape index (κ2) is 5.83. The van der Waals surface area contributed by atoms with E-state index in [4.69, 9.17) is 0 Å². The summed E-state index contributed by atoms with van der Waals surface area (Å²) in [6, 6.07) is 6.57. The highest BCUT2D eigenvalue weighted by molar-refractivity contribution is 5.15. The normalized spacial score (nSPS) is 8.36. The molecule has 0 bridgehead atoms. The third-order valence-corrected chi connectivity index (χ3v) is 1.32. The molecule has 0 radical (unpaired) electrons. The van der Waals surface area contributed by atoms with Crippen LogP contribution in [0.1, 0.15) is 12.5 Å². The summed E-state index contributed by atoms with van der Waals surface area (Å²) in [7, 11) is 0.500. The molecule has 0 heterocycles. The zero-order valence-electron chi connectivity index (χ0n) is 6.77. The molecule has 0 amide bonds. The summed E-state index contributed by atoms with van der Waals surface area (Å²) in [5.41, 5.74) is 1.18. The van der Waals surface area contributed by atoms with Crippen LogP contribution >= 0.6 is 0 Å². The average molecular weight is 158 g/mol. The molecule has 0 aliphatic heterocycles. The zero-order chi connectivity index (χ0) is 8.69. The van der Waals surface area contributed by atoms with E-state index < -0.39 is 0 Å². The summed E-state index contributed by atoms with van der Waals surface area (Å²) in [4.78, 5) is 0. The molecule has 0 aliphatic carbocycles. The number of hydrogen-bond donors (Lipinski definition) is 0. The van der Waals surface area contributed by atoms with E-state index in [9.17, 15) is 8.78 Å². The molecular formula is C9H12F2. The maximum Gasteiger partial charge on any atom is 0.123 e. The minimum absolute atomic E-state index is 0.160. The van der Waals surface area contributed by atoms with Crippen LogP contribution in [0.4, 0.5) is 8.78 Å². The molecule has 1 aromatic carbocycles. The highest BCUT2D eigenvalue weighted by Crippen LogP contribution is 2.01. The Morgan fingerprint density at radius 3 is 1.91 bits per heavy atom. The quantitative estimate of drug-likeness (QED) is 0.589. The minimum Gasteiger partial charge on any atom is -0.255 e. The number of rotatable bonds is 1. The lowest BCUT2D eigenvalue weighted by Crippen LogP contribution is -1.78. The van der Waals surface area contributed by atoms with E-state index in [1.807, 2.05) is 6.92 Å². The maximum absolute atomic E-state index is 12.2. The first-order valence-electron chi connectivity index (χ1n) is 3.45. The summed E-state index contributed by atoms with van der Waals surface area (Å²) >= 11 is 0. The molecule has 0 saturated heterocycles. The third-order valence-electron chi connectivity index (χ3n) is 1.32. The predicted molar refractivity (Wildman–Crippen MR) is 42.8 cm³/mol. The number of alkyl halides is 1. The molecule has 11 heavy (non-hydrogen) atoms. The molecule has 1 aromatic rings. The van der Waals surface area contributed by atoms with Crippen molar-refractivity contribution in [2.45, 2.75) is 13.3 Å². The summed E-state index contributed by atoms with van der Waals surface area (Å²) in [5, 5.41) is 0. The van der Waals surface area contributed by atoms with Crippen LogP contribution < -0.4 is 0 Å². The van der Waals surface area contributed by atoms with E-state index in [1.54, 1.807) is 12.1 Å². The molecule has 0 aromatic heterocycles. The summed E-state index contributed by atoms with van der Waals surface area (Å²) in [5.74, 6) is -0.160. The van der Waals surface area contributed by atoms with E-state index in [-0.39, 0.29) is 5.82 Å². The van der Waals surface area contributed by atoms with Gasteiger partial charge >= 0.3 is 0 Å². The Hall–Kier alpha value is -0.920. The van der Waals surface area contributed by atoms with E-state index in [0.29, 0.717) is 7.18 Å². The molecule has 1 rings (SSSR count). The van der Waals surface area contributed by atoms with Crippen molar-refractivity contribution in [2.75, 3.05) is 7.18 Å². The summed E-state index contributed by atoms with van der Waals surface area (Å²) in [6.45, 7) is 2.05. The lowest BCUT2D eigenvalue weighted by Gasteiger charge is -1.92. The van der Waals surface area contributed by atoms with Crippen LogP contribution in [0.25, 0.3) is 0 Å². The molecule has 0 unspecified atom stereocenters. The first-order valence-corrected chi connectivity index (χ1v) is 3.45. The fourth-order valence-corrected chi connectivity index (χ4v) is 0.720. The van der Waals surface area contributed by atoms with Gasteiger partial charge in [-0.2, -0.15) is 0 Å². The third kappa shape index (κ3) is 3.71. The molecule has 0 fully saturated rings. The highest BCUT2D eigenvalue weighted by Gasteiger charge is 1.87. The van der Waals surface area contributed by atoms with Gasteiger partial charge in [-0.1, -0.05) is 19.1 Å². The maximum atomic E-state index is 12.2. The topological polar surface area (TPSA) is 0 Å². The standard InChI is InChI=1S/C8H9F.CH3F/c1-2-7-3-5-8(9)6-4-7;1-2/h3-6H,2H2,1H3;1H3. The summed E-state index contributed by atoms with van der Waals surface area (Å²) < 4.78 is 21.7. The number of benzene rings is 1. The molecule has 2 heteroatoms. The lowest BCUT2D eigenvalue weighted by molar-refractivity contribution is 0.627. The molecule has 0 atom stereocenters. The van der Waals surface area contributed by atoms with Crippen LogP contribution in [-0.2, 0) is 6.42 Å². The van der Waals surface area contributed by atoms with Gasteiger partial charge in [-0.25, -0.2) is 4.39 Å². The molecule has 0 saturated carbocycles. The number of hydrogen-bond acceptors (Lipinski definition) is 0. The van der Waals surface area contributed by atoms with Gasteiger partial charge in [0, 0.05) is 0 Å². The Bertz CT molecular complexity index is 179. The Balaban J connectivity index is 0.000000461. The van der Waals surface area contributed by atoms with Crippen molar-refractivity contribution in [2.24, 2.45) is 0 Å². The molecule has 0 spiro atoms. The van der Waals surface area contributed by atoms with Crippen molar-refractivity contribution in [1.29, 1.82) is 0 Å². The van der Waals surface area contributed by atoms with Crippen molar-refractivity contribution >= 4 is 0 Å².